The van der Waals surface area contributed by atoms with E-state index in [1.54, 1.807) is 24.5 Å². The van der Waals surface area contributed by atoms with Crippen molar-refractivity contribution in [3.8, 4) is 11.1 Å². The van der Waals surface area contributed by atoms with Gasteiger partial charge in [0.05, 0.1) is 23.0 Å². The van der Waals surface area contributed by atoms with Gasteiger partial charge in [-0.05, 0) is 54.4 Å². The number of carbonyl (C=O) groups is 1. The van der Waals surface area contributed by atoms with Gasteiger partial charge in [-0.3, -0.25) is 14.9 Å². The van der Waals surface area contributed by atoms with Crippen molar-refractivity contribution in [2.75, 3.05) is 5.32 Å². The summed E-state index contributed by atoms with van der Waals surface area (Å²) in [5.74, 6) is -0.190. The van der Waals surface area contributed by atoms with Crippen LogP contribution in [0, 0.1) is 6.92 Å². The van der Waals surface area contributed by atoms with Crippen LogP contribution in [0.15, 0.2) is 67.1 Å². The zero-order valence-corrected chi connectivity index (χ0v) is 15.2. The van der Waals surface area contributed by atoms with Crippen LogP contribution in [-0.4, -0.2) is 26.1 Å². The number of H-pyrrole nitrogens is 2. The normalized spacial score (nSPS) is 11.2. The predicted molar refractivity (Wildman–Crippen MR) is 110 cm³/mol. The average Bonchev–Trinajstić information content (AvgIpc) is 3.37. The highest BCUT2D eigenvalue weighted by Crippen LogP contribution is 2.34. The molecule has 0 aliphatic rings. The van der Waals surface area contributed by atoms with Gasteiger partial charge in [0.15, 0.2) is 0 Å². The number of aromatic nitrogens is 4. The van der Waals surface area contributed by atoms with Gasteiger partial charge in [-0.15, -0.1) is 0 Å². The number of nitrogens with one attached hydrogen (secondary N) is 3. The van der Waals surface area contributed by atoms with Crippen LogP contribution in [-0.2, 0) is 0 Å². The number of nitrogens with zero attached hydrogens (tertiary/aromatic N) is 2. The van der Waals surface area contributed by atoms with E-state index < -0.39 is 0 Å². The molecule has 136 valence electrons. The van der Waals surface area contributed by atoms with Crippen molar-refractivity contribution >= 4 is 33.4 Å². The smallest absolute Gasteiger partial charge is 0.257 e. The van der Waals surface area contributed by atoms with E-state index in [0.717, 1.165) is 32.9 Å². The van der Waals surface area contributed by atoms with Crippen LogP contribution in [0.1, 0.15) is 16.1 Å². The molecule has 1 amide bonds. The molecule has 0 aliphatic carbocycles. The Morgan fingerprint density at radius 3 is 2.86 bits per heavy atom. The Morgan fingerprint density at radius 2 is 1.96 bits per heavy atom. The van der Waals surface area contributed by atoms with E-state index >= 15 is 0 Å². The summed E-state index contributed by atoms with van der Waals surface area (Å²) in [7, 11) is 0. The Balaban J connectivity index is 1.63. The van der Waals surface area contributed by atoms with Crippen LogP contribution < -0.4 is 5.32 Å². The third-order valence-corrected chi connectivity index (χ3v) is 4.96. The molecule has 0 aliphatic heterocycles. The number of amides is 1. The fourth-order valence-corrected chi connectivity index (χ4v) is 3.56. The molecule has 3 aromatic heterocycles. The Kier molecular flexibility index (Phi) is 3.69. The first-order chi connectivity index (χ1) is 13.7. The second-order valence-corrected chi connectivity index (χ2v) is 6.69. The number of aryl methyl sites for hydroxylation is 1. The average molecular weight is 367 g/mol. The fourth-order valence-electron chi connectivity index (χ4n) is 3.56. The summed E-state index contributed by atoms with van der Waals surface area (Å²) in [5, 5.41) is 12.2. The van der Waals surface area contributed by atoms with Crippen LogP contribution in [0.25, 0.3) is 32.9 Å². The third-order valence-electron chi connectivity index (χ3n) is 4.96. The molecular formula is C22H17N5O. The van der Waals surface area contributed by atoms with E-state index in [2.05, 4.69) is 43.7 Å². The number of benzene rings is 2. The Labute approximate surface area is 160 Å². The van der Waals surface area contributed by atoms with Crippen LogP contribution >= 0.6 is 0 Å². The van der Waals surface area contributed by atoms with Crippen molar-refractivity contribution in [3.63, 3.8) is 0 Å². The summed E-state index contributed by atoms with van der Waals surface area (Å²) in [6.45, 7) is 1.82. The highest BCUT2D eigenvalue weighted by Gasteiger charge is 2.14. The number of hydrogen-bond acceptors (Lipinski definition) is 3. The van der Waals surface area contributed by atoms with Crippen molar-refractivity contribution in [3.05, 3.63) is 78.4 Å². The number of aromatic amines is 2. The maximum absolute atomic E-state index is 12.8. The first-order valence-electron chi connectivity index (χ1n) is 8.97. The topological polar surface area (TPSA) is 86.5 Å². The quantitative estimate of drug-likeness (QED) is 0.433. The summed E-state index contributed by atoms with van der Waals surface area (Å²) in [6, 6.07) is 15.8. The van der Waals surface area contributed by atoms with E-state index in [1.807, 2.05) is 31.3 Å². The van der Waals surface area contributed by atoms with Crippen LogP contribution in [0.3, 0.4) is 0 Å². The zero-order chi connectivity index (χ0) is 19.1. The van der Waals surface area contributed by atoms with Crippen LogP contribution in [0.5, 0.6) is 0 Å². The molecule has 5 aromatic rings. The summed E-state index contributed by atoms with van der Waals surface area (Å²) in [6.07, 6.45) is 5.33. The van der Waals surface area contributed by atoms with Crippen molar-refractivity contribution < 1.29 is 4.79 Å². The van der Waals surface area contributed by atoms with Gasteiger partial charge in [-0.1, -0.05) is 12.1 Å². The number of fused-ring (bicyclic) bond motifs is 2. The zero-order valence-electron chi connectivity index (χ0n) is 15.2. The van der Waals surface area contributed by atoms with Crippen molar-refractivity contribution in [2.24, 2.45) is 0 Å². The van der Waals surface area contributed by atoms with Gasteiger partial charge in [0, 0.05) is 34.4 Å². The Hall–Kier alpha value is -3.93. The highest BCUT2D eigenvalue weighted by atomic mass is 16.1. The summed E-state index contributed by atoms with van der Waals surface area (Å²) in [5.41, 5.74) is 5.97. The first-order valence-corrected chi connectivity index (χ1v) is 8.97. The fraction of sp³-hybridized carbons (Fsp3) is 0.0455. The molecule has 0 saturated heterocycles. The molecule has 0 saturated carbocycles. The summed E-state index contributed by atoms with van der Waals surface area (Å²) >= 11 is 0. The van der Waals surface area contributed by atoms with Gasteiger partial charge >= 0.3 is 0 Å². The number of pyridine rings is 1. The van der Waals surface area contributed by atoms with E-state index in [-0.39, 0.29) is 5.91 Å². The lowest BCUT2D eigenvalue weighted by Gasteiger charge is -2.11. The van der Waals surface area contributed by atoms with E-state index in [1.165, 1.54) is 0 Å². The molecule has 3 heterocycles. The lowest BCUT2D eigenvalue weighted by molar-refractivity contribution is 0.102. The van der Waals surface area contributed by atoms with Gasteiger partial charge in [0.2, 0.25) is 0 Å². The number of hydrogen-bond donors (Lipinski definition) is 3. The van der Waals surface area contributed by atoms with E-state index in [9.17, 15) is 4.79 Å². The van der Waals surface area contributed by atoms with Crippen LogP contribution in [0.2, 0.25) is 0 Å². The Bertz CT molecular complexity index is 1330. The molecule has 6 nitrogen and oxygen atoms in total. The molecule has 0 bridgehead atoms. The van der Waals surface area contributed by atoms with Gasteiger partial charge < -0.3 is 10.3 Å². The minimum Gasteiger partial charge on any atom is -0.361 e. The minimum atomic E-state index is -0.190. The SMILES string of the molecule is Cc1ncccc1C(=O)Nc1cc(-c2cccc3[nH]ccc23)cc2[nH]ncc12. The lowest BCUT2D eigenvalue weighted by atomic mass is 9.99. The predicted octanol–water partition coefficient (Wildman–Crippen LogP) is 4.67. The Morgan fingerprint density at radius 1 is 1.04 bits per heavy atom. The molecular weight excluding hydrogens is 350 g/mol. The van der Waals surface area contributed by atoms with E-state index in [4.69, 9.17) is 0 Å². The van der Waals surface area contributed by atoms with Gasteiger partial charge in [-0.25, -0.2) is 0 Å². The highest BCUT2D eigenvalue weighted by molar-refractivity contribution is 6.10. The minimum absolute atomic E-state index is 0.190. The number of carbonyl (C=O) groups excluding carboxylic acids is 1. The van der Waals surface area contributed by atoms with Crippen molar-refractivity contribution in [1.29, 1.82) is 0 Å². The molecule has 0 atom stereocenters. The maximum atomic E-state index is 12.8. The molecule has 0 unspecified atom stereocenters. The lowest BCUT2D eigenvalue weighted by Crippen LogP contribution is -2.14. The van der Waals surface area contributed by atoms with Crippen molar-refractivity contribution in [1.82, 2.24) is 20.2 Å². The molecule has 5 rings (SSSR count). The summed E-state index contributed by atoms with van der Waals surface area (Å²) < 4.78 is 0. The molecule has 28 heavy (non-hydrogen) atoms. The van der Waals surface area contributed by atoms with Crippen molar-refractivity contribution in [2.45, 2.75) is 6.92 Å². The number of anilines is 1. The van der Waals surface area contributed by atoms with Gasteiger partial charge in [-0.2, -0.15) is 5.10 Å². The van der Waals surface area contributed by atoms with Gasteiger partial charge in [0.1, 0.15) is 0 Å². The maximum Gasteiger partial charge on any atom is 0.257 e. The molecule has 0 spiro atoms. The molecule has 6 heteroatoms. The summed E-state index contributed by atoms with van der Waals surface area (Å²) in [4.78, 5) is 20.3. The molecule has 0 fully saturated rings. The molecule has 0 radical (unpaired) electrons. The third kappa shape index (κ3) is 2.63. The van der Waals surface area contributed by atoms with Gasteiger partial charge in [0.25, 0.3) is 5.91 Å². The van der Waals surface area contributed by atoms with E-state index in [0.29, 0.717) is 16.9 Å². The molecule has 3 N–H and O–H groups in total. The largest absolute Gasteiger partial charge is 0.361 e. The number of rotatable bonds is 3. The second kappa shape index (κ2) is 6.35. The standard InChI is InChI=1S/C22H17N5O/c1-13-15(5-3-8-23-13)22(28)26-20-10-14(11-21-18(20)12-25-27-21)16-4-2-6-19-17(16)7-9-24-19/h2-12,24H,1H3,(H,25,27)(H,26,28). The second-order valence-electron chi connectivity index (χ2n) is 6.69. The monoisotopic (exact) mass is 367 g/mol. The van der Waals surface area contributed by atoms with Crippen LogP contribution in [0.4, 0.5) is 5.69 Å². The molecule has 2 aromatic carbocycles. The first kappa shape index (κ1) is 16.3.